The summed E-state index contributed by atoms with van der Waals surface area (Å²) in [4.78, 5) is 14.9. The minimum absolute atomic E-state index is 0.102. The van der Waals surface area contributed by atoms with Crippen molar-refractivity contribution in [2.45, 2.75) is 45.2 Å². The molecule has 0 bridgehead atoms. The van der Waals surface area contributed by atoms with E-state index in [1.54, 1.807) is 19.1 Å². The number of sulfonamides is 1. The summed E-state index contributed by atoms with van der Waals surface area (Å²) in [5.41, 5.74) is 0.924. The molecule has 2 aliphatic rings. The van der Waals surface area contributed by atoms with Crippen molar-refractivity contribution in [1.29, 1.82) is 0 Å². The van der Waals surface area contributed by atoms with E-state index in [0.717, 1.165) is 18.4 Å². The predicted molar refractivity (Wildman–Crippen MR) is 93.7 cm³/mol. The highest BCUT2D eigenvalue weighted by molar-refractivity contribution is 7.89. The van der Waals surface area contributed by atoms with E-state index in [4.69, 9.17) is 0 Å². The maximum Gasteiger partial charge on any atom is 0.226 e. The minimum atomic E-state index is -3.17. The van der Waals surface area contributed by atoms with Gasteiger partial charge in [-0.2, -0.15) is 0 Å². The van der Waals surface area contributed by atoms with Gasteiger partial charge in [0.05, 0.1) is 5.75 Å². The summed E-state index contributed by atoms with van der Waals surface area (Å²) in [5.74, 6) is -0.188. The van der Waals surface area contributed by atoms with E-state index in [0.29, 0.717) is 32.5 Å². The smallest absolute Gasteiger partial charge is 0.226 e. The van der Waals surface area contributed by atoms with Gasteiger partial charge in [-0.05, 0) is 50.3 Å². The predicted octanol–water partition coefficient (Wildman–Crippen LogP) is 2.38. The van der Waals surface area contributed by atoms with E-state index >= 15 is 0 Å². The molecule has 3 rings (SSSR count). The second-order valence-electron chi connectivity index (χ2n) is 6.90. The molecular formula is C18H25FN2O3S. The van der Waals surface area contributed by atoms with E-state index in [1.807, 2.05) is 4.90 Å². The largest absolute Gasteiger partial charge is 0.335 e. The number of carbonyl (C=O) groups is 1. The molecule has 1 aromatic carbocycles. The van der Waals surface area contributed by atoms with Crippen molar-refractivity contribution in [3.63, 3.8) is 0 Å². The summed E-state index contributed by atoms with van der Waals surface area (Å²) < 4.78 is 38.5. The van der Waals surface area contributed by atoms with Crippen LogP contribution in [-0.2, 0) is 21.4 Å². The third-order valence-corrected chi connectivity index (χ3v) is 6.98. The Bertz CT molecular complexity index is 708. The Labute approximate surface area is 148 Å². The third-order valence-electron chi connectivity index (χ3n) is 5.10. The number of rotatable bonds is 6. The van der Waals surface area contributed by atoms with Gasteiger partial charge in [0, 0.05) is 31.6 Å². The van der Waals surface area contributed by atoms with Gasteiger partial charge in [0.1, 0.15) is 5.82 Å². The van der Waals surface area contributed by atoms with Crippen molar-refractivity contribution in [2.24, 2.45) is 5.92 Å². The van der Waals surface area contributed by atoms with E-state index in [9.17, 15) is 17.6 Å². The lowest BCUT2D eigenvalue weighted by atomic mass is 9.96. The first kappa shape index (κ1) is 18.3. The average molecular weight is 368 g/mol. The number of carbonyl (C=O) groups excluding carboxylic acids is 1. The molecule has 1 aliphatic carbocycles. The molecule has 0 spiro atoms. The van der Waals surface area contributed by atoms with Gasteiger partial charge in [-0.3, -0.25) is 4.79 Å². The summed E-state index contributed by atoms with van der Waals surface area (Å²) in [7, 11) is -3.17. The highest BCUT2D eigenvalue weighted by Gasteiger charge is 2.38. The maximum atomic E-state index is 13.1. The van der Waals surface area contributed by atoms with Crippen molar-refractivity contribution >= 4 is 15.9 Å². The Balaban J connectivity index is 1.63. The van der Waals surface area contributed by atoms with Crippen molar-refractivity contribution in [2.75, 3.05) is 18.8 Å². The zero-order valence-corrected chi connectivity index (χ0v) is 15.3. The van der Waals surface area contributed by atoms with Crippen LogP contribution in [0.3, 0.4) is 0 Å². The fourth-order valence-electron chi connectivity index (χ4n) is 3.36. The van der Waals surface area contributed by atoms with Crippen LogP contribution < -0.4 is 0 Å². The van der Waals surface area contributed by atoms with Crippen LogP contribution in [0, 0.1) is 11.7 Å². The first-order valence-corrected chi connectivity index (χ1v) is 10.5. The van der Waals surface area contributed by atoms with E-state index in [2.05, 4.69) is 0 Å². The third kappa shape index (κ3) is 4.39. The molecule has 1 saturated heterocycles. The first-order chi connectivity index (χ1) is 11.9. The molecule has 1 saturated carbocycles. The molecule has 25 heavy (non-hydrogen) atoms. The van der Waals surface area contributed by atoms with Gasteiger partial charge < -0.3 is 4.90 Å². The molecule has 1 aliphatic heterocycles. The van der Waals surface area contributed by atoms with Crippen molar-refractivity contribution in [3.05, 3.63) is 35.6 Å². The molecule has 0 radical (unpaired) electrons. The average Bonchev–Trinajstić information content (AvgIpc) is 3.46. The summed E-state index contributed by atoms with van der Waals surface area (Å²) in [6.45, 7) is 2.98. The van der Waals surface area contributed by atoms with Crippen LogP contribution in [0.1, 0.15) is 38.2 Å². The molecule has 138 valence electrons. The zero-order valence-electron chi connectivity index (χ0n) is 14.5. The maximum absolute atomic E-state index is 13.1. The van der Waals surface area contributed by atoms with E-state index < -0.39 is 10.0 Å². The molecule has 0 unspecified atom stereocenters. The van der Waals surface area contributed by atoms with Crippen LogP contribution >= 0.6 is 0 Å². The Morgan fingerprint density at radius 3 is 2.28 bits per heavy atom. The second kappa shape index (κ2) is 7.41. The molecule has 1 aromatic rings. The van der Waals surface area contributed by atoms with E-state index in [1.165, 1.54) is 16.4 Å². The normalized spacial score (nSPS) is 19.8. The molecule has 0 N–H and O–H groups in total. The fourth-order valence-corrected chi connectivity index (χ4v) is 4.49. The zero-order chi connectivity index (χ0) is 18.0. The summed E-state index contributed by atoms with van der Waals surface area (Å²) in [6.07, 6.45) is 3.17. The van der Waals surface area contributed by atoms with Gasteiger partial charge in [0.25, 0.3) is 0 Å². The lowest BCUT2D eigenvalue weighted by Gasteiger charge is -2.33. The van der Waals surface area contributed by atoms with Gasteiger partial charge >= 0.3 is 0 Å². The Morgan fingerprint density at radius 1 is 1.16 bits per heavy atom. The molecule has 0 atom stereocenters. The van der Waals surface area contributed by atoms with E-state index in [-0.39, 0.29) is 29.4 Å². The summed E-state index contributed by atoms with van der Waals surface area (Å²) in [5, 5.41) is 0. The first-order valence-electron chi connectivity index (χ1n) is 8.93. The molecule has 7 heteroatoms. The Hall–Kier alpha value is -1.47. The summed E-state index contributed by atoms with van der Waals surface area (Å²) >= 11 is 0. The topological polar surface area (TPSA) is 57.7 Å². The molecular weight excluding hydrogens is 343 g/mol. The fraction of sp³-hybridized carbons (Fsp3) is 0.611. The van der Waals surface area contributed by atoms with Gasteiger partial charge in [-0.1, -0.05) is 12.1 Å². The number of hydrogen-bond acceptors (Lipinski definition) is 3. The van der Waals surface area contributed by atoms with Crippen LogP contribution in [0.25, 0.3) is 0 Å². The Morgan fingerprint density at radius 2 is 1.76 bits per heavy atom. The minimum Gasteiger partial charge on any atom is -0.335 e. The standard InChI is InChI=1S/C18H25FN2O3S/c1-2-25(23,24)20-11-9-15(10-12-20)18(22)21(17-7-8-17)13-14-3-5-16(19)6-4-14/h3-6,15,17H,2,7-13H2,1H3. The number of benzene rings is 1. The molecule has 5 nitrogen and oxygen atoms in total. The monoisotopic (exact) mass is 368 g/mol. The highest BCUT2D eigenvalue weighted by atomic mass is 32.2. The van der Waals surface area contributed by atoms with Crippen LogP contribution in [0.15, 0.2) is 24.3 Å². The van der Waals surface area contributed by atoms with Gasteiger partial charge in [0.15, 0.2) is 0 Å². The highest BCUT2D eigenvalue weighted by Crippen LogP contribution is 2.32. The van der Waals surface area contributed by atoms with Crippen LogP contribution in [-0.4, -0.2) is 48.4 Å². The number of amides is 1. The van der Waals surface area contributed by atoms with Gasteiger partial charge in [0.2, 0.25) is 15.9 Å². The van der Waals surface area contributed by atoms with Crippen LogP contribution in [0.2, 0.25) is 0 Å². The lowest BCUT2D eigenvalue weighted by Crippen LogP contribution is -2.45. The number of hydrogen-bond donors (Lipinski definition) is 0. The SMILES string of the molecule is CCS(=O)(=O)N1CCC(C(=O)N(Cc2ccc(F)cc2)C2CC2)CC1. The molecule has 1 heterocycles. The number of halogens is 1. The number of nitrogens with zero attached hydrogens (tertiary/aromatic N) is 2. The molecule has 0 aromatic heterocycles. The van der Waals surface area contributed by atoms with Crippen molar-refractivity contribution < 1.29 is 17.6 Å². The summed E-state index contributed by atoms with van der Waals surface area (Å²) in [6, 6.07) is 6.54. The molecule has 1 amide bonds. The molecule has 2 fully saturated rings. The van der Waals surface area contributed by atoms with Crippen LogP contribution in [0.5, 0.6) is 0 Å². The quantitative estimate of drug-likeness (QED) is 0.775. The van der Waals surface area contributed by atoms with Crippen molar-refractivity contribution in [3.8, 4) is 0 Å². The van der Waals surface area contributed by atoms with Crippen molar-refractivity contribution in [1.82, 2.24) is 9.21 Å². The number of piperidine rings is 1. The second-order valence-corrected chi connectivity index (χ2v) is 9.16. The van der Waals surface area contributed by atoms with Gasteiger partial charge in [-0.15, -0.1) is 0 Å². The van der Waals surface area contributed by atoms with Gasteiger partial charge in [-0.25, -0.2) is 17.1 Å². The lowest BCUT2D eigenvalue weighted by molar-refractivity contribution is -0.138. The van der Waals surface area contributed by atoms with Crippen LogP contribution in [0.4, 0.5) is 4.39 Å². The Kier molecular flexibility index (Phi) is 5.43.